The van der Waals surface area contributed by atoms with Crippen LogP contribution in [0.25, 0.3) is 0 Å². The third-order valence-electron chi connectivity index (χ3n) is 1.73. The van der Waals surface area contributed by atoms with Crippen molar-refractivity contribution in [2.45, 2.75) is 13.3 Å². The largest absolute Gasteiger partial charge is 0.360 e. The predicted molar refractivity (Wildman–Crippen MR) is 37.4 cm³/mol. The Morgan fingerprint density at radius 2 is 2.25 bits per heavy atom. The molecule has 0 unspecified atom stereocenters. The van der Waals surface area contributed by atoms with E-state index in [1.54, 1.807) is 6.92 Å². The van der Waals surface area contributed by atoms with Crippen molar-refractivity contribution < 1.29 is 14.1 Å². The third-order valence-corrected chi connectivity index (χ3v) is 1.73. The molecule has 2 heterocycles. The number of hydrogen-bond donors (Lipinski definition) is 1. The number of carbonyl (C=O) groups excluding carboxylic acids is 2. The van der Waals surface area contributed by atoms with Crippen LogP contribution in [0.3, 0.4) is 0 Å². The molecule has 0 aromatic carbocycles. The molecule has 2 rings (SSSR count). The number of carbonyl (C=O) groups is 2. The first-order chi connectivity index (χ1) is 5.68. The summed E-state index contributed by atoms with van der Waals surface area (Å²) in [4.78, 5) is 22.0. The Balaban J connectivity index is 2.57. The van der Waals surface area contributed by atoms with Crippen LogP contribution in [-0.4, -0.2) is 17.0 Å². The minimum atomic E-state index is -0.417. The number of rotatable bonds is 0. The van der Waals surface area contributed by atoms with Crippen molar-refractivity contribution in [3.63, 3.8) is 0 Å². The highest BCUT2D eigenvalue weighted by Crippen LogP contribution is 2.16. The van der Waals surface area contributed by atoms with Crippen LogP contribution < -0.4 is 5.32 Å². The lowest BCUT2D eigenvalue weighted by molar-refractivity contribution is -0.120. The molecule has 0 aliphatic carbocycles. The van der Waals surface area contributed by atoms with Gasteiger partial charge in [-0.05, 0) is 6.92 Å². The second-order valence-electron chi connectivity index (χ2n) is 2.62. The van der Waals surface area contributed by atoms with Crippen LogP contribution in [0, 0.1) is 6.92 Å². The molecule has 0 atom stereocenters. The maximum absolute atomic E-state index is 11.1. The van der Waals surface area contributed by atoms with E-state index in [-0.39, 0.29) is 12.3 Å². The fourth-order valence-electron chi connectivity index (χ4n) is 1.21. The Labute approximate surface area is 67.7 Å². The van der Waals surface area contributed by atoms with E-state index in [4.69, 9.17) is 4.52 Å². The number of hydrogen-bond acceptors (Lipinski definition) is 4. The van der Waals surface area contributed by atoms with Gasteiger partial charge in [-0.25, -0.2) is 0 Å². The number of fused-ring (bicyclic) bond motifs is 1. The molecule has 1 aliphatic heterocycles. The molecule has 1 aromatic heterocycles. The van der Waals surface area contributed by atoms with Gasteiger partial charge in [-0.1, -0.05) is 5.16 Å². The average molecular weight is 166 g/mol. The van der Waals surface area contributed by atoms with E-state index < -0.39 is 5.91 Å². The van der Waals surface area contributed by atoms with Gasteiger partial charge in [0.05, 0.1) is 12.1 Å². The molecule has 0 bridgehead atoms. The van der Waals surface area contributed by atoms with Gasteiger partial charge in [0.25, 0.3) is 5.91 Å². The van der Waals surface area contributed by atoms with E-state index >= 15 is 0 Å². The zero-order valence-electron chi connectivity index (χ0n) is 6.38. The molecule has 1 aliphatic rings. The lowest BCUT2D eigenvalue weighted by Gasteiger charge is -2.08. The standard InChI is InChI=1S/C7H6N2O3/c1-3-6-4(12-9-3)2-5(10)8-7(6)11/h2H2,1H3,(H,8,10,11). The molecule has 0 fully saturated rings. The van der Waals surface area contributed by atoms with Crippen molar-refractivity contribution in [3.05, 3.63) is 17.0 Å². The molecule has 1 aromatic rings. The molecule has 12 heavy (non-hydrogen) atoms. The first-order valence-electron chi connectivity index (χ1n) is 3.48. The maximum atomic E-state index is 11.1. The van der Waals surface area contributed by atoms with Crippen LogP contribution in [-0.2, 0) is 11.2 Å². The van der Waals surface area contributed by atoms with Crippen molar-refractivity contribution in [2.75, 3.05) is 0 Å². The van der Waals surface area contributed by atoms with Crippen molar-refractivity contribution in [1.82, 2.24) is 10.5 Å². The van der Waals surface area contributed by atoms with Gasteiger partial charge in [-0.2, -0.15) is 0 Å². The molecule has 2 amide bonds. The van der Waals surface area contributed by atoms with E-state index in [1.807, 2.05) is 0 Å². The zero-order valence-corrected chi connectivity index (χ0v) is 6.38. The van der Waals surface area contributed by atoms with Gasteiger partial charge in [-0.3, -0.25) is 14.9 Å². The highest BCUT2D eigenvalue weighted by atomic mass is 16.5. The summed E-state index contributed by atoms with van der Waals surface area (Å²) in [6.45, 7) is 1.66. The summed E-state index contributed by atoms with van der Waals surface area (Å²) in [5.41, 5.74) is 0.921. The van der Waals surface area contributed by atoms with Crippen LogP contribution in [0.2, 0.25) is 0 Å². The van der Waals surface area contributed by atoms with Crippen LogP contribution in [0.5, 0.6) is 0 Å². The Hall–Kier alpha value is -1.65. The van der Waals surface area contributed by atoms with Crippen molar-refractivity contribution in [2.24, 2.45) is 0 Å². The number of amides is 2. The monoisotopic (exact) mass is 166 g/mol. The predicted octanol–water partition coefficient (Wildman–Crippen LogP) is -0.204. The minimum Gasteiger partial charge on any atom is -0.360 e. The molecule has 0 saturated heterocycles. The number of nitrogens with zero attached hydrogens (tertiary/aromatic N) is 1. The highest BCUT2D eigenvalue weighted by molar-refractivity contribution is 6.09. The zero-order chi connectivity index (χ0) is 8.72. The van der Waals surface area contributed by atoms with Crippen molar-refractivity contribution >= 4 is 11.8 Å². The summed E-state index contributed by atoms with van der Waals surface area (Å²) in [7, 11) is 0. The van der Waals surface area contributed by atoms with Gasteiger partial charge in [0.15, 0.2) is 5.76 Å². The molecule has 1 N–H and O–H groups in total. The molecule has 5 heteroatoms. The van der Waals surface area contributed by atoms with Crippen LogP contribution in [0.15, 0.2) is 4.52 Å². The second-order valence-corrected chi connectivity index (χ2v) is 2.62. The summed E-state index contributed by atoms with van der Waals surface area (Å²) < 4.78 is 4.80. The minimum absolute atomic E-state index is 0.0991. The third kappa shape index (κ3) is 0.827. The van der Waals surface area contributed by atoms with Gasteiger partial charge >= 0.3 is 0 Å². The lowest BCUT2D eigenvalue weighted by Crippen LogP contribution is -2.36. The molecule has 0 spiro atoms. The van der Waals surface area contributed by atoms with Crippen molar-refractivity contribution in [1.29, 1.82) is 0 Å². The summed E-state index contributed by atoms with van der Waals surface area (Å²) in [5, 5.41) is 5.78. The van der Waals surface area contributed by atoms with Crippen LogP contribution in [0.4, 0.5) is 0 Å². The molecule has 0 saturated carbocycles. The van der Waals surface area contributed by atoms with Gasteiger partial charge in [0.2, 0.25) is 5.91 Å². The number of aryl methyl sites for hydroxylation is 1. The number of imide groups is 1. The molecule has 62 valence electrons. The average Bonchev–Trinajstić information content (AvgIpc) is 2.31. The smallest absolute Gasteiger partial charge is 0.263 e. The number of aromatic nitrogens is 1. The second kappa shape index (κ2) is 2.17. The highest BCUT2D eigenvalue weighted by Gasteiger charge is 2.28. The van der Waals surface area contributed by atoms with E-state index in [1.165, 1.54) is 0 Å². The van der Waals surface area contributed by atoms with Crippen LogP contribution >= 0.6 is 0 Å². The van der Waals surface area contributed by atoms with Gasteiger partial charge in [-0.15, -0.1) is 0 Å². The fourth-order valence-corrected chi connectivity index (χ4v) is 1.21. The topological polar surface area (TPSA) is 72.2 Å². The summed E-state index contributed by atoms with van der Waals surface area (Å²) in [6.07, 6.45) is 0.0991. The molecule has 5 nitrogen and oxygen atoms in total. The molecular weight excluding hydrogens is 160 g/mol. The van der Waals surface area contributed by atoms with Gasteiger partial charge in [0, 0.05) is 0 Å². The van der Waals surface area contributed by atoms with E-state index in [0.717, 1.165) is 0 Å². The summed E-state index contributed by atoms with van der Waals surface area (Å²) in [6, 6.07) is 0. The Bertz CT molecular complexity index is 367. The van der Waals surface area contributed by atoms with E-state index in [2.05, 4.69) is 10.5 Å². The fraction of sp³-hybridized carbons (Fsp3) is 0.286. The maximum Gasteiger partial charge on any atom is 0.263 e. The lowest BCUT2D eigenvalue weighted by atomic mass is 10.1. The quantitative estimate of drug-likeness (QED) is 0.541. The van der Waals surface area contributed by atoms with Gasteiger partial charge < -0.3 is 4.52 Å². The summed E-state index contributed by atoms with van der Waals surface area (Å²) >= 11 is 0. The normalized spacial score (nSPS) is 15.8. The van der Waals surface area contributed by atoms with E-state index in [0.29, 0.717) is 17.0 Å². The molecular formula is C7H6N2O3. The first kappa shape index (κ1) is 7.02. The molecule has 0 radical (unpaired) electrons. The van der Waals surface area contributed by atoms with E-state index in [9.17, 15) is 9.59 Å². The SMILES string of the molecule is Cc1noc2c1C(=O)NC(=O)C2. The summed E-state index contributed by atoms with van der Waals surface area (Å²) in [5.74, 6) is -0.398. The Morgan fingerprint density at radius 1 is 1.50 bits per heavy atom. The Morgan fingerprint density at radius 3 is 3.00 bits per heavy atom. The van der Waals surface area contributed by atoms with Gasteiger partial charge in [0.1, 0.15) is 5.56 Å². The first-order valence-corrected chi connectivity index (χ1v) is 3.48. The van der Waals surface area contributed by atoms with Crippen molar-refractivity contribution in [3.8, 4) is 0 Å². The van der Waals surface area contributed by atoms with Crippen LogP contribution in [0.1, 0.15) is 21.8 Å². The number of nitrogens with one attached hydrogen (secondary N) is 1. The Kier molecular flexibility index (Phi) is 1.27.